The first-order valence-corrected chi connectivity index (χ1v) is 26.5. The fourth-order valence-electron chi connectivity index (χ4n) is 7.72. The Kier molecular flexibility index (Phi) is 38.8. The molecule has 0 aromatic rings. The van der Waals surface area contributed by atoms with Gasteiger partial charge in [-0.05, 0) is 64.2 Å². The normalized spacial score (nSPS) is 20.1. The molecule has 0 aliphatic carbocycles. The summed E-state index contributed by atoms with van der Waals surface area (Å²) in [4.78, 5) is 12.9. The number of hydrogen-bond donors (Lipinski definition) is 4. The van der Waals surface area contributed by atoms with Crippen LogP contribution in [0.3, 0.4) is 0 Å². The van der Waals surface area contributed by atoms with Crippen LogP contribution in [0.4, 0.5) is 0 Å². The molecule has 1 aliphatic rings. The molecule has 1 aliphatic heterocycles. The largest absolute Gasteiger partial charge is 0.457 e. The van der Waals surface area contributed by atoms with Crippen LogP contribution in [-0.2, 0) is 38.3 Å². The summed E-state index contributed by atoms with van der Waals surface area (Å²) >= 11 is 0. The number of ether oxygens (including phenoxy) is 4. The zero-order valence-corrected chi connectivity index (χ0v) is 40.0. The Labute approximate surface area is 378 Å². The molecule has 62 heavy (non-hydrogen) atoms. The van der Waals surface area contributed by atoms with Gasteiger partial charge in [-0.25, -0.2) is 4.18 Å². The summed E-state index contributed by atoms with van der Waals surface area (Å²) in [5.74, 6) is -0.402. The number of carbonyl (C=O) groups is 1. The second-order valence-electron chi connectivity index (χ2n) is 17.4. The Balaban J connectivity index is 2.38. The van der Waals surface area contributed by atoms with Gasteiger partial charge < -0.3 is 34.3 Å². The molecule has 12 nitrogen and oxygen atoms in total. The molecule has 13 heteroatoms. The summed E-state index contributed by atoms with van der Waals surface area (Å²) in [6.45, 7) is 4.00. The Morgan fingerprint density at radius 2 is 1.02 bits per heavy atom. The van der Waals surface area contributed by atoms with Crippen LogP contribution in [0.5, 0.6) is 0 Å². The zero-order chi connectivity index (χ0) is 45.4. The molecule has 6 atom stereocenters. The number of carbonyl (C=O) groups excluding carboxylic acids is 1. The van der Waals surface area contributed by atoms with E-state index >= 15 is 0 Å². The van der Waals surface area contributed by atoms with Gasteiger partial charge in [-0.3, -0.25) is 9.35 Å². The summed E-state index contributed by atoms with van der Waals surface area (Å²) in [7, 11) is -5.06. The van der Waals surface area contributed by atoms with Crippen LogP contribution >= 0.6 is 0 Å². The van der Waals surface area contributed by atoms with Crippen molar-refractivity contribution in [3.05, 3.63) is 24.3 Å². The van der Waals surface area contributed by atoms with E-state index in [1.807, 2.05) is 0 Å². The number of unbranched alkanes of at least 4 members (excludes halogenated alkanes) is 27. The van der Waals surface area contributed by atoms with Crippen molar-refractivity contribution in [3.63, 3.8) is 0 Å². The van der Waals surface area contributed by atoms with E-state index in [4.69, 9.17) is 18.9 Å². The predicted molar refractivity (Wildman–Crippen MR) is 248 cm³/mol. The van der Waals surface area contributed by atoms with Gasteiger partial charge in [0.2, 0.25) is 0 Å². The van der Waals surface area contributed by atoms with Gasteiger partial charge in [0.15, 0.2) is 6.29 Å². The van der Waals surface area contributed by atoms with Crippen LogP contribution < -0.4 is 0 Å². The molecule has 0 amide bonds. The van der Waals surface area contributed by atoms with Gasteiger partial charge in [0.05, 0.1) is 19.8 Å². The number of aliphatic hydroxyl groups is 3. The number of allylic oxidation sites excluding steroid dienone is 4. The molecule has 6 unspecified atom stereocenters. The second kappa shape index (κ2) is 41.0. The van der Waals surface area contributed by atoms with Crippen LogP contribution in [0, 0.1) is 0 Å². The molecule has 4 N–H and O–H groups in total. The Morgan fingerprint density at radius 3 is 1.45 bits per heavy atom. The molecule has 1 heterocycles. The van der Waals surface area contributed by atoms with Crippen molar-refractivity contribution in [1.82, 2.24) is 0 Å². The highest BCUT2D eigenvalue weighted by molar-refractivity contribution is 7.80. The molecular weight excluding hydrogens is 813 g/mol. The Hall–Kier alpha value is -1.42. The highest BCUT2D eigenvalue weighted by Crippen LogP contribution is 2.26. The molecule has 0 spiro atoms. The first kappa shape index (κ1) is 58.6. The van der Waals surface area contributed by atoms with Gasteiger partial charge in [0.1, 0.15) is 30.5 Å². The standard InChI is InChI=1S/C49H92O12S/c1-3-5-7-9-11-13-15-17-19-21-23-25-27-29-31-33-35-37-39-57-41-43(42-58-49-47(53)48(61-62(54,55)56)46(52)44(40-50)60-49)59-45(51)38-36-34-32-30-28-26-24-22-20-18-16-14-12-10-8-6-4-2/h17-20,43-44,46-50,52-53H,3-16,21-42H2,1-2H3,(H,54,55,56)/b19-17-,20-18-. The van der Waals surface area contributed by atoms with E-state index in [0.717, 1.165) is 44.9 Å². The molecule has 1 saturated heterocycles. The maximum absolute atomic E-state index is 12.9. The minimum atomic E-state index is -5.06. The zero-order valence-electron chi connectivity index (χ0n) is 39.2. The Morgan fingerprint density at radius 1 is 0.597 bits per heavy atom. The minimum absolute atomic E-state index is 0.0349. The summed E-state index contributed by atoms with van der Waals surface area (Å²) in [6.07, 6.45) is 37.7. The highest BCUT2D eigenvalue weighted by Gasteiger charge is 2.48. The SMILES string of the molecule is CCCCCCCC/C=C\CCCCCCCCCCOCC(COC1OC(CO)C(O)C(OS(=O)(=O)O)C1O)OC(=O)CCCCCCCCC/C=C\CCCCCCCC. The molecule has 1 fully saturated rings. The van der Waals surface area contributed by atoms with Crippen LogP contribution in [0.15, 0.2) is 24.3 Å². The molecule has 0 aromatic heterocycles. The lowest BCUT2D eigenvalue weighted by Crippen LogP contribution is -2.60. The third-order valence-electron chi connectivity index (χ3n) is 11.5. The van der Waals surface area contributed by atoms with Crippen molar-refractivity contribution in [2.75, 3.05) is 26.4 Å². The van der Waals surface area contributed by atoms with E-state index in [1.165, 1.54) is 148 Å². The van der Waals surface area contributed by atoms with E-state index in [-0.39, 0.29) is 19.6 Å². The minimum Gasteiger partial charge on any atom is -0.457 e. The van der Waals surface area contributed by atoms with Crippen LogP contribution in [0.1, 0.15) is 219 Å². The maximum Gasteiger partial charge on any atom is 0.397 e. The summed E-state index contributed by atoms with van der Waals surface area (Å²) in [6, 6.07) is 0. The topological polar surface area (TPSA) is 178 Å². The number of aliphatic hydroxyl groups excluding tert-OH is 3. The summed E-state index contributed by atoms with van der Waals surface area (Å²) in [5.41, 5.74) is 0. The van der Waals surface area contributed by atoms with Crippen LogP contribution in [0.2, 0.25) is 0 Å². The molecule has 0 radical (unpaired) electrons. The van der Waals surface area contributed by atoms with Gasteiger partial charge in [0, 0.05) is 13.0 Å². The van der Waals surface area contributed by atoms with Crippen molar-refractivity contribution >= 4 is 16.4 Å². The fourth-order valence-corrected chi connectivity index (χ4v) is 8.23. The Bertz CT molecular complexity index is 1180. The van der Waals surface area contributed by atoms with Gasteiger partial charge in [0.25, 0.3) is 0 Å². The van der Waals surface area contributed by atoms with Gasteiger partial charge in [-0.15, -0.1) is 0 Å². The smallest absolute Gasteiger partial charge is 0.397 e. The monoisotopic (exact) mass is 905 g/mol. The molecule has 0 bridgehead atoms. The molecule has 0 aromatic carbocycles. The van der Waals surface area contributed by atoms with Crippen molar-refractivity contribution in [2.24, 2.45) is 0 Å². The lowest BCUT2D eigenvalue weighted by molar-refractivity contribution is -0.301. The molecule has 366 valence electrons. The van der Waals surface area contributed by atoms with E-state index in [0.29, 0.717) is 13.0 Å². The quantitative estimate of drug-likeness (QED) is 0.0197. The maximum atomic E-state index is 12.9. The van der Waals surface area contributed by atoms with Crippen LogP contribution in [-0.4, -0.2) is 97.5 Å². The number of hydrogen-bond acceptors (Lipinski definition) is 11. The first-order valence-electron chi connectivity index (χ1n) is 25.1. The summed E-state index contributed by atoms with van der Waals surface area (Å²) in [5, 5.41) is 30.7. The summed E-state index contributed by atoms with van der Waals surface area (Å²) < 4.78 is 59.2. The fraction of sp³-hybridized carbons (Fsp3) is 0.898. The third kappa shape index (κ3) is 34.0. The number of esters is 1. The van der Waals surface area contributed by atoms with Gasteiger partial charge in [-0.1, -0.05) is 173 Å². The van der Waals surface area contributed by atoms with Crippen molar-refractivity contribution in [2.45, 2.75) is 256 Å². The highest BCUT2D eigenvalue weighted by atomic mass is 32.3. The van der Waals surface area contributed by atoms with Gasteiger partial charge >= 0.3 is 16.4 Å². The average molecular weight is 905 g/mol. The van der Waals surface area contributed by atoms with E-state index in [1.54, 1.807) is 0 Å². The van der Waals surface area contributed by atoms with Crippen LogP contribution in [0.25, 0.3) is 0 Å². The van der Waals surface area contributed by atoms with E-state index in [9.17, 15) is 33.1 Å². The molecule has 1 rings (SSSR count). The lowest BCUT2D eigenvalue weighted by atomic mass is 9.99. The molecular formula is C49H92O12S. The predicted octanol–water partition coefficient (Wildman–Crippen LogP) is 11.2. The third-order valence-corrected chi connectivity index (χ3v) is 12.0. The van der Waals surface area contributed by atoms with E-state index < -0.39 is 59.8 Å². The average Bonchev–Trinajstić information content (AvgIpc) is 3.24. The number of rotatable bonds is 44. The van der Waals surface area contributed by atoms with Gasteiger partial charge in [-0.2, -0.15) is 8.42 Å². The first-order chi connectivity index (χ1) is 30.1. The van der Waals surface area contributed by atoms with Crippen molar-refractivity contribution < 1.29 is 56.2 Å². The second-order valence-corrected chi connectivity index (χ2v) is 18.4. The lowest BCUT2D eigenvalue weighted by Gasteiger charge is -2.41. The van der Waals surface area contributed by atoms with E-state index in [2.05, 4.69) is 42.3 Å². The molecule has 0 saturated carbocycles. The van der Waals surface area contributed by atoms with Crippen molar-refractivity contribution in [1.29, 1.82) is 0 Å². The van der Waals surface area contributed by atoms with Crippen molar-refractivity contribution in [3.8, 4) is 0 Å².